The Morgan fingerprint density at radius 3 is 2.70 bits per heavy atom. The van der Waals surface area contributed by atoms with E-state index in [4.69, 9.17) is 4.74 Å². The molecule has 1 aromatic rings. The van der Waals surface area contributed by atoms with Crippen LogP contribution in [0.2, 0.25) is 0 Å². The standard InChI is InChI=1S/C17H19NO3S2/c1-17(2,3)21-14(19)11-22-16-18-13(15(20)23-16)10-9-12-7-5-4-6-8-12/h4-10,13H,11H2,1-3H3. The fraction of sp³-hybridized carbons (Fsp3) is 0.353. The predicted molar refractivity (Wildman–Crippen MR) is 97.6 cm³/mol. The van der Waals surface area contributed by atoms with E-state index in [1.807, 2.05) is 57.2 Å². The van der Waals surface area contributed by atoms with Gasteiger partial charge in [-0.15, -0.1) is 0 Å². The first-order valence-corrected chi connectivity index (χ1v) is 9.01. The van der Waals surface area contributed by atoms with Gasteiger partial charge in [0.25, 0.3) is 0 Å². The summed E-state index contributed by atoms with van der Waals surface area (Å²) in [4.78, 5) is 28.0. The van der Waals surface area contributed by atoms with Crippen LogP contribution in [0.25, 0.3) is 6.08 Å². The highest BCUT2D eigenvalue weighted by Gasteiger charge is 2.27. The van der Waals surface area contributed by atoms with E-state index in [1.165, 1.54) is 11.8 Å². The van der Waals surface area contributed by atoms with Crippen LogP contribution in [0.5, 0.6) is 0 Å². The van der Waals surface area contributed by atoms with E-state index in [0.717, 1.165) is 17.3 Å². The number of thioether (sulfide) groups is 2. The van der Waals surface area contributed by atoms with Crippen molar-refractivity contribution in [2.45, 2.75) is 32.4 Å². The van der Waals surface area contributed by atoms with E-state index < -0.39 is 11.6 Å². The minimum atomic E-state index is -0.501. The molecule has 4 nitrogen and oxygen atoms in total. The number of rotatable bonds is 4. The minimum Gasteiger partial charge on any atom is -0.459 e. The van der Waals surface area contributed by atoms with Gasteiger partial charge in [-0.2, -0.15) is 0 Å². The number of hydrogen-bond donors (Lipinski definition) is 0. The summed E-state index contributed by atoms with van der Waals surface area (Å²) in [6.07, 6.45) is 3.67. The molecule has 1 aromatic carbocycles. The summed E-state index contributed by atoms with van der Waals surface area (Å²) in [5, 5.41) is -0.0242. The van der Waals surface area contributed by atoms with Crippen LogP contribution in [0.15, 0.2) is 41.4 Å². The molecule has 1 heterocycles. The molecule has 0 N–H and O–H groups in total. The molecule has 1 aliphatic heterocycles. The molecule has 1 unspecified atom stereocenters. The molecule has 0 amide bonds. The van der Waals surface area contributed by atoms with Crippen LogP contribution < -0.4 is 0 Å². The maximum Gasteiger partial charge on any atom is 0.316 e. The lowest BCUT2D eigenvalue weighted by Crippen LogP contribution is -2.25. The molecule has 0 saturated carbocycles. The van der Waals surface area contributed by atoms with Crippen molar-refractivity contribution in [3.05, 3.63) is 42.0 Å². The van der Waals surface area contributed by atoms with Crippen molar-refractivity contribution in [3.8, 4) is 0 Å². The summed E-state index contributed by atoms with van der Waals surface area (Å²) in [5.41, 5.74) is 0.523. The summed E-state index contributed by atoms with van der Waals surface area (Å²) < 4.78 is 5.85. The Morgan fingerprint density at radius 2 is 2.04 bits per heavy atom. The molecule has 0 radical (unpaired) electrons. The smallest absolute Gasteiger partial charge is 0.316 e. The van der Waals surface area contributed by atoms with Gasteiger partial charge in [0.15, 0.2) is 0 Å². The number of hydrogen-bond acceptors (Lipinski definition) is 6. The number of benzene rings is 1. The second-order valence-corrected chi connectivity index (χ2v) is 8.12. The van der Waals surface area contributed by atoms with Crippen LogP contribution in [0, 0.1) is 0 Å². The molecule has 1 atom stereocenters. The molecule has 0 aromatic heterocycles. The van der Waals surface area contributed by atoms with Crippen LogP contribution in [-0.4, -0.2) is 32.9 Å². The molecule has 23 heavy (non-hydrogen) atoms. The lowest BCUT2D eigenvalue weighted by atomic mass is 10.2. The van der Waals surface area contributed by atoms with E-state index >= 15 is 0 Å². The lowest BCUT2D eigenvalue weighted by Gasteiger charge is -2.19. The number of nitrogens with zero attached hydrogens (tertiary/aromatic N) is 1. The highest BCUT2D eigenvalue weighted by atomic mass is 32.2. The Balaban J connectivity index is 1.89. The molecule has 0 aliphatic carbocycles. The monoisotopic (exact) mass is 349 g/mol. The molecule has 0 fully saturated rings. The number of carbonyl (C=O) groups is 2. The van der Waals surface area contributed by atoms with E-state index in [2.05, 4.69) is 4.99 Å². The van der Waals surface area contributed by atoms with Crippen molar-refractivity contribution in [3.63, 3.8) is 0 Å². The summed E-state index contributed by atoms with van der Waals surface area (Å²) >= 11 is 2.33. The Hall–Kier alpha value is -1.53. The van der Waals surface area contributed by atoms with Crippen LogP contribution in [0.3, 0.4) is 0 Å². The molecule has 0 bridgehead atoms. The highest BCUT2D eigenvalue weighted by molar-refractivity contribution is 8.45. The SMILES string of the molecule is CC(C)(C)OC(=O)CSC1=NC(C=Cc2ccccc2)C(=O)S1. The number of ether oxygens (including phenoxy) is 1. The zero-order valence-corrected chi connectivity index (χ0v) is 14.9. The van der Waals surface area contributed by atoms with Gasteiger partial charge in [-0.05, 0) is 38.1 Å². The first-order chi connectivity index (χ1) is 10.8. The first kappa shape index (κ1) is 17.8. The second kappa shape index (κ2) is 7.84. The zero-order valence-electron chi connectivity index (χ0n) is 13.3. The Kier molecular flexibility index (Phi) is 6.07. The average Bonchev–Trinajstić information content (AvgIpc) is 2.83. The summed E-state index contributed by atoms with van der Waals surface area (Å²) in [6, 6.07) is 9.27. The second-order valence-electron chi connectivity index (χ2n) is 5.91. The van der Waals surface area contributed by atoms with Crippen molar-refractivity contribution < 1.29 is 14.3 Å². The van der Waals surface area contributed by atoms with Crippen molar-refractivity contribution >= 4 is 45.1 Å². The molecule has 0 saturated heterocycles. The molecule has 6 heteroatoms. The van der Waals surface area contributed by atoms with Crippen molar-refractivity contribution in [2.75, 3.05) is 5.75 Å². The largest absolute Gasteiger partial charge is 0.459 e. The van der Waals surface area contributed by atoms with Gasteiger partial charge in [-0.25, -0.2) is 0 Å². The Morgan fingerprint density at radius 1 is 1.35 bits per heavy atom. The number of aliphatic imine (C=N–C) groups is 1. The topological polar surface area (TPSA) is 55.7 Å². The number of carbonyl (C=O) groups excluding carboxylic acids is 2. The third-order valence-electron chi connectivity index (χ3n) is 2.68. The summed E-state index contributed by atoms with van der Waals surface area (Å²) in [5.74, 6) is -0.146. The molecular formula is C17H19NO3S2. The van der Waals surface area contributed by atoms with Crippen molar-refractivity contribution in [1.82, 2.24) is 0 Å². The van der Waals surface area contributed by atoms with Crippen LogP contribution >= 0.6 is 23.5 Å². The summed E-state index contributed by atoms with van der Waals surface area (Å²) in [7, 11) is 0. The van der Waals surface area contributed by atoms with Gasteiger partial charge < -0.3 is 4.74 Å². The molecule has 1 aliphatic rings. The zero-order chi connectivity index (χ0) is 16.9. The first-order valence-electron chi connectivity index (χ1n) is 7.21. The quantitative estimate of drug-likeness (QED) is 0.775. The fourth-order valence-corrected chi connectivity index (χ4v) is 3.52. The van der Waals surface area contributed by atoms with Gasteiger partial charge in [0, 0.05) is 0 Å². The van der Waals surface area contributed by atoms with Gasteiger partial charge in [0.2, 0.25) is 5.12 Å². The Bertz CT molecular complexity index is 633. The molecule has 0 spiro atoms. The predicted octanol–water partition coefficient (Wildman–Crippen LogP) is 3.77. The normalized spacial score (nSPS) is 18.3. The molecule has 2 rings (SSSR count). The van der Waals surface area contributed by atoms with Gasteiger partial charge in [0.1, 0.15) is 16.0 Å². The van der Waals surface area contributed by atoms with Crippen LogP contribution in [-0.2, 0) is 14.3 Å². The summed E-state index contributed by atoms with van der Waals surface area (Å²) in [6.45, 7) is 5.47. The van der Waals surface area contributed by atoms with E-state index in [-0.39, 0.29) is 16.8 Å². The molecule has 122 valence electrons. The Labute approximate surface area is 144 Å². The maximum absolute atomic E-state index is 11.9. The van der Waals surface area contributed by atoms with E-state index in [9.17, 15) is 9.59 Å². The third-order valence-corrected chi connectivity index (χ3v) is 4.74. The van der Waals surface area contributed by atoms with E-state index in [0.29, 0.717) is 4.38 Å². The average molecular weight is 349 g/mol. The van der Waals surface area contributed by atoms with Crippen molar-refractivity contribution in [1.29, 1.82) is 0 Å². The van der Waals surface area contributed by atoms with Gasteiger partial charge in [-0.1, -0.05) is 54.2 Å². The van der Waals surface area contributed by atoms with Gasteiger partial charge in [-0.3, -0.25) is 14.6 Å². The van der Waals surface area contributed by atoms with Crippen LogP contribution in [0.4, 0.5) is 0 Å². The van der Waals surface area contributed by atoms with Crippen molar-refractivity contribution in [2.24, 2.45) is 4.99 Å². The highest BCUT2D eigenvalue weighted by Crippen LogP contribution is 2.28. The number of esters is 1. The lowest BCUT2D eigenvalue weighted by molar-refractivity contribution is -0.151. The minimum absolute atomic E-state index is 0.0242. The van der Waals surface area contributed by atoms with E-state index in [1.54, 1.807) is 6.08 Å². The van der Waals surface area contributed by atoms with Gasteiger partial charge >= 0.3 is 5.97 Å². The third kappa shape index (κ3) is 6.23. The molecular weight excluding hydrogens is 330 g/mol. The fourth-order valence-electron chi connectivity index (χ4n) is 1.79. The van der Waals surface area contributed by atoms with Gasteiger partial charge in [0.05, 0.1) is 5.75 Å². The maximum atomic E-state index is 11.9. The van der Waals surface area contributed by atoms with Crippen LogP contribution in [0.1, 0.15) is 26.3 Å².